The van der Waals surface area contributed by atoms with Crippen LogP contribution in [0.2, 0.25) is 0 Å². The highest BCUT2D eigenvalue weighted by atomic mass is 32.2. The molecular formula is C10H12F2OS. The Balaban J connectivity index is 3.01. The molecule has 0 N–H and O–H groups in total. The van der Waals surface area contributed by atoms with Gasteiger partial charge in [-0.05, 0) is 20.1 Å². The summed E-state index contributed by atoms with van der Waals surface area (Å²) in [5.74, 6) is -0.922. The Labute approximate surface area is 86.5 Å². The first-order valence-electron chi connectivity index (χ1n) is 4.24. The number of halogens is 2. The maximum Gasteiger partial charge on any atom is 0.143 e. The van der Waals surface area contributed by atoms with Gasteiger partial charge in [0.1, 0.15) is 17.4 Å². The minimum absolute atomic E-state index is 0.0288. The second kappa shape index (κ2) is 4.64. The smallest absolute Gasteiger partial charge is 0.143 e. The van der Waals surface area contributed by atoms with E-state index in [1.165, 1.54) is 12.1 Å². The maximum atomic E-state index is 13.2. The highest BCUT2D eigenvalue weighted by molar-refractivity contribution is 7.98. The highest BCUT2D eigenvalue weighted by Crippen LogP contribution is 2.27. The van der Waals surface area contributed by atoms with Gasteiger partial charge in [-0.25, -0.2) is 8.78 Å². The van der Waals surface area contributed by atoms with Crippen LogP contribution in [0.5, 0.6) is 5.75 Å². The van der Waals surface area contributed by atoms with Crippen LogP contribution in [-0.4, -0.2) is 12.4 Å². The Kier molecular flexibility index (Phi) is 3.75. The fourth-order valence-corrected chi connectivity index (χ4v) is 1.58. The number of rotatable bonds is 3. The van der Waals surface area contributed by atoms with E-state index in [0.29, 0.717) is 0 Å². The van der Waals surface area contributed by atoms with Crippen molar-refractivity contribution in [2.24, 2.45) is 0 Å². The summed E-state index contributed by atoms with van der Waals surface area (Å²) in [7, 11) is 0. The Hall–Kier alpha value is -0.770. The van der Waals surface area contributed by atoms with E-state index >= 15 is 0 Å². The molecule has 0 heterocycles. The zero-order chi connectivity index (χ0) is 10.7. The molecule has 1 aromatic carbocycles. The van der Waals surface area contributed by atoms with Crippen LogP contribution in [0.4, 0.5) is 8.78 Å². The van der Waals surface area contributed by atoms with Crippen LogP contribution in [0.3, 0.4) is 0 Å². The molecule has 0 unspecified atom stereocenters. The van der Waals surface area contributed by atoms with E-state index in [0.717, 1.165) is 11.8 Å². The molecule has 0 saturated heterocycles. The van der Waals surface area contributed by atoms with Crippen molar-refractivity contribution in [3.05, 3.63) is 23.8 Å². The number of benzene rings is 1. The number of hydrogen-bond acceptors (Lipinski definition) is 2. The summed E-state index contributed by atoms with van der Waals surface area (Å²) < 4.78 is 31.6. The van der Waals surface area contributed by atoms with E-state index in [-0.39, 0.29) is 16.7 Å². The molecule has 14 heavy (non-hydrogen) atoms. The van der Waals surface area contributed by atoms with Gasteiger partial charge in [-0.15, -0.1) is 11.8 Å². The summed E-state index contributed by atoms with van der Waals surface area (Å²) in [6.45, 7) is 3.61. The van der Waals surface area contributed by atoms with Crippen molar-refractivity contribution in [1.29, 1.82) is 0 Å². The van der Waals surface area contributed by atoms with Crippen molar-refractivity contribution < 1.29 is 13.5 Å². The van der Waals surface area contributed by atoms with Gasteiger partial charge in [0.25, 0.3) is 0 Å². The lowest BCUT2D eigenvalue weighted by molar-refractivity contribution is 0.239. The Morgan fingerprint density at radius 2 is 1.71 bits per heavy atom. The molecule has 0 aliphatic heterocycles. The SMILES string of the molecule is CSc1c(F)cc(OC(C)C)cc1F. The van der Waals surface area contributed by atoms with Gasteiger partial charge in [0.2, 0.25) is 0 Å². The summed E-state index contributed by atoms with van der Waals surface area (Å²) in [6, 6.07) is 2.41. The van der Waals surface area contributed by atoms with E-state index in [4.69, 9.17) is 4.74 Å². The van der Waals surface area contributed by atoms with Crippen LogP contribution in [0, 0.1) is 11.6 Å². The van der Waals surface area contributed by atoms with E-state index in [2.05, 4.69) is 0 Å². The van der Waals surface area contributed by atoms with Gasteiger partial charge in [0, 0.05) is 12.1 Å². The molecule has 0 aromatic heterocycles. The molecule has 1 aromatic rings. The molecular weight excluding hydrogens is 206 g/mol. The molecule has 0 bridgehead atoms. The topological polar surface area (TPSA) is 9.23 Å². The van der Waals surface area contributed by atoms with Crippen LogP contribution in [0.15, 0.2) is 17.0 Å². The Bertz CT molecular complexity index is 303. The third-order valence-corrected chi connectivity index (χ3v) is 2.35. The van der Waals surface area contributed by atoms with Gasteiger partial charge >= 0.3 is 0 Å². The zero-order valence-corrected chi connectivity index (χ0v) is 9.12. The second-order valence-electron chi connectivity index (χ2n) is 3.09. The molecule has 0 amide bonds. The van der Waals surface area contributed by atoms with Gasteiger partial charge in [-0.3, -0.25) is 0 Å². The normalized spacial score (nSPS) is 10.7. The van der Waals surface area contributed by atoms with E-state index in [9.17, 15) is 8.78 Å². The van der Waals surface area contributed by atoms with Crippen LogP contribution in [0.1, 0.15) is 13.8 Å². The van der Waals surface area contributed by atoms with E-state index < -0.39 is 11.6 Å². The first kappa shape index (κ1) is 11.3. The molecule has 0 fully saturated rings. The van der Waals surface area contributed by atoms with Gasteiger partial charge in [-0.2, -0.15) is 0 Å². The van der Waals surface area contributed by atoms with Crippen molar-refractivity contribution in [1.82, 2.24) is 0 Å². The first-order valence-corrected chi connectivity index (χ1v) is 5.46. The second-order valence-corrected chi connectivity index (χ2v) is 3.90. The summed E-state index contributed by atoms with van der Waals surface area (Å²) in [5, 5.41) is 0. The minimum atomic E-state index is -0.576. The molecule has 4 heteroatoms. The maximum absolute atomic E-state index is 13.2. The van der Waals surface area contributed by atoms with Crippen molar-refractivity contribution in [2.45, 2.75) is 24.8 Å². The largest absolute Gasteiger partial charge is 0.491 e. The average molecular weight is 218 g/mol. The van der Waals surface area contributed by atoms with E-state index in [1.807, 2.05) is 0 Å². The monoisotopic (exact) mass is 218 g/mol. The van der Waals surface area contributed by atoms with Crippen molar-refractivity contribution in [3.63, 3.8) is 0 Å². The van der Waals surface area contributed by atoms with Crippen LogP contribution in [-0.2, 0) is 0 Å². The van der Waals surface area contributed by atoms with Crippen LogP contribution < -0.4 is 4.74 Å². The molecule has 0 radical (unpaired) electrons. The highest BCUT2D eigenvalue weighted by Gasteiger charge is 2.11. The van der Waals surface area contributed by atoms with Crippen molar-refractivity contribution >= 4 is 11.8 Å². The first-order chi connectivity index (χ1) is 6.54. The van der Waals surface area contributed by atoms with Gasteiger partial charge in [0.05, 0.1) is 11.0 Å². The van der Waals surface area contributed by atoms with Crippen LogP contribution >= 0.6 is 11.8 Å². The van der Waals surface area contributed by atoms with E-state index in [1.54, 1.807) is 20.1 Å². The Morgan fingerprint density at radius 3 is 2.07 bits per heavy atom. The summed E-state index contributed by atoms with van der Waals surface area (Å²) in [4.78, 5) is 0.0288. The summed E-state index contributed by atoms with van der Waals surface area (Å²) in [6.07, 6.45) is 1.54. The van der Waals surface area contributed by atoms with Gasteiger partial charge in [-0.1, -0.05) is 0 Å². The van der Waals surface area contributed by atoms with Gasteiger partial charge < -0.3 is 4.74 Å². The lowest BCUT2D eigenvalue weighted by Gasteiger charge is -2.11. The van der Waals surface area contributed by atoms with Crippen molar-refractivity contribution in [2.75, 3.05) is 6.26 Å². The molecule has 0 saturated carbocycles. The number of hydrogen-bond donors (Lipinski definition) is 0. The molecule has 0 spiro atoms. The molecule has 0 aliphatic rings. The molecule has 78 valence electrons. The van der Waals surface area contributed by atoms with Crippen molar-refractivity contribution in [3.8, 4) is 5.75 Å². The molecule has 1 rings (SSSR count). The Morgan fingerprint density at radius 1 is 1.21 bits per heavy atom. The average Bonchev–Trinajstić information content (AvgIpc) is 2.01. The fraction of sp³-hybridized carbons (Fsp3) is 0.400. The minimum Gasteiger partial charge on any atom is -0.491 e. The summed E-state index contributed by atoms with van der Waals surface area (Å²) >= 11 is 1.04. The predicted octanol–water partition coefficient (Wildman–Crippen LogP) is 3.47. The van der Waals surface area contributed by atoms with Gasteiger partial charge in [0.15, 0.2) is 0 Å². The number of ether oxygens (including phenoxy) is 1. The quantitative estimate of drug-likeness (QED) is 0.718. The zero-order valence-electron chi connectivity index (χ0n) is 8.30. The molecule has 1 nitrogen and oxygen atoms in total. The lowest BCUT2D eigenvalue weighted by Crippen LogP contribution is -2.06. The molecule has 0 aliphatic carbocycles. The third-order valence-electron chi connectivity index (χ3n) is 1.55. The predicted molar refractivity (Wildman–Crippen MR) is 53.9 cm³/mol. The fourth-order valence-electron chi connectivity index (χ4n) is 1.07. The lowest BCUT2D eigenvalue weighted by atomic mass is 10.3. The number of thioether (sulfide) groups is 1. The summed E-state index contributed by atoms with van der Waals surface area (Å²) in [5.41, 5.74) is 0. The van der Waals surface area contributed by atoms with Crippen LogP contribution in [0.25, 0.3) is 0 Å². The standard InChI is InChI=1S/C10H12F2OS/c1-6(2)13-7-4-8(11)10(14-3)9(12)5-7/h4-6H,1-3H3. The third kappa shape index (κ3) is 2.61. The molecule has 0 atom stereocenters.